The van der Waals surface area contributed by atoms with Crippen LogP contribution in [0.5, 0.6) is 11.5 Å². The van der Waals surface area contributed by atoms with E-state index in [-0.39, 0.29) is 0 Å². The topological polar surface area (TPSA) is 194 Å². The zero-order valence-electron chi connectivity index (χ0n) is 31.1. The van der Waals surface area contributed by atoms with Crippen LogP contribution >= 0.6 is 22.7 Å². The maximum atomic E-state index is 8.60. The van der Waals surface area contributed by atoms with Crippen molar-refractivity contribution >= 4 is 78.5 Å². The molecule has 2 aromatic carbocycles. The average Bonchev–Trinajstić information content (AvgIpc) is 4.04. The van der Waals surface area contributed by atoms with Crippen molar-refractivity contribution in [2.45, 2.75) is 51.6 Å². The standard InChI is InChI=1S/C20H19N7OS.C20H21N5OS/c1-28-16-6-13-9-22-8-12(13)5-15(16)26-19-18-14-3-2-11(7-25-27-21)4-17(14)29-20(18)24-10-23-19;1-26-16-6-13-9-22-8-12(13)5-15(16)25-19-18-14-3-2-11(7-21)4-17(14)27-20(18)24-10-23-19/h5-6,8,10-11H,2-4,7,9H2,1H3,(H,23,24,26);5-6,8,10-11H,2-4,7,9,21H2,1H3,(H,23,24,25). The van der Waals surface area contributed by atoms with Crippen LogP contribution in [0.3, 0.4) is 0 Å². The molecule has 14 nitrogen and oxygen atoms in total. The maximum Gasteiger partial charge on any atom is 0.142 e. The number of anilines is 4. The molecule has 16 heteroatoms. The Morgan fingerprint density at radius 2 is 1.29 bits per heavy atom. The highest BCUT2D eigenvalue weighted by atomic mass is 32.1. The quantitative estimate of drug-likeness (QED) is 0.0735. The number of nitrogens with two attached hydrogens (primary N) is 1. The SMILES string of the molecule is COc1cc2c(cc1Nc1ncnc3sc4c(c13)CCC(CN)C4)C=NC2.COc1cc2c(cc1Nc1ncnc3sc4c(c13)CCC(CN=[N+]=[N-])C4)C=NC2. The lowest BCUT2D eigenvalue weighted by atomic mass is 9.88. The normalized spacial score (nSPS) is 17.3. The number of ether oxygens (including phenoxy) is 2. The molecule has 0 bridgehead atoms. The second-order valence-corrected chi connectivity index (χ2v) is 16.5. The summed E-state index contributed by atoms with van der Waals surface area (Å²) in [5.74, 6) is 4.20. The Labute approximate surface area is 331 Å². The summed E-state index contributed by atoms with van der Waals surface area (Å²) < 4.78 is 11.2. The van der Waals surface area contributed by atoms with Crippen molar-refractivity contribution in [1.82, 2.24) is 19.9 Å². The fraction of sp³-hybridized carbons (Fsp3) is 0.350. The van der Waals surface area contributed by atoms with Crippen molar-refractivity contribution in [2.75, 3.05) is 37.9 Å². The summed E-state index contributed by atoms with van der Waals surface area (Å²) in [6, 6.07) is 8.24. The molecule has 2 aliphatic carbocycles. The van der Waals surface area contributed by atoms with Crippen molar-refractivity contribution in [3.05, 3.63) is 90.5 Å². The largest absolute Gasteiger partial charge is 0.495 e. The molecule has 56 heavy (non-hydrogen) atoms. The summed E-state index contributed by atoms with van der Waals surface area (Å²) in [5, 5.41) is 13.0. The second-order valence-electron chi connectivity index (χ2n) is 14.4. The van der Waals surface area contributed by atoms with Crippen LogP contribution < -0.4 is 25.8 Å². The first-order chi connectivity index (χ1) is 27.5. The highest BCUT2D eigenvalue weighted by Gasteiger charge is 2.27. The van der Waals surface area contributed by atoms with Gasteiger partial charge in [-0.15, -0.1) is 22.7 Å². The van der Waals surface area contributed by atoms with E-state index in [1.165, 1.54) is 32.0 Å². The monoisotopic (exact) mass is 784 g/mol. The van der Waals surface area contributed by atoms with E-state index >= 15 is 0 Å². The van der Waals surface area contributed by atoms with E-state index in [0.717, 1.165) is 111 Å². The van der Waals surface area contributed by atoms with E-state index in [9.17, 15) is 0 Å². The number of aliphatic imine (C=N–C) groups is 2. The van der Waals surface area contributed by atoms with E-state index in [2.05, 4.69) is 68.8 Å². The van der Waals surface area contributed by atoms with Crippen LogP contribution in [-0.2, 0) is 38.8 Å². The first-order valence-corrected chi connectivity index (χ1v) is 20.3. The van der Waals surface area contributed by atoms with Gasteiger partial charge in [0.1, 0.15) is 45.5 Å². The molecule has 2 atom stereocenters. The van der Waals surface area contributed by atoms with E-state index in [1.54, 1.807) is 49.5 Å². The number of hydrogen-bond donors (Lipinski definition) is 3. The van der Waals surface area contributed by atoms with E-state index in [0.29, 0.717) is 31.5 Å². The van der Waals surface area contributed by atoms with E-state index < -0.39 is 0 Å². The van der Waals surface area contributed by atoms with Gasteiger partial charge < -0.3 is 25.8 Å². The Morgan fingerprint density at radius 3 is 1.79 bits per heavy atom. The molecule has 0 amide bonds. The number of aryl methyl sites for hydroxylation is 2. The van der Waals surface area contributed by atoms with E-state index in [4.69, 9.17) is 20.7 Å². The van der Waals surface area contributed by atoms with Crippen molar-refractivity contribution in [2.24, 2.45) is 32.7 Å². The Kier molecular flexibility index (Phi) is 9.94. The summed E-state index contributed by atoms with van der Waals surface area (Å²) in [6.45, 7) is 2.70. The molecule has 2 aliphatic heterocycles. The first kappa shape index (κ1) is 36.0. The molecule has 6 heterocycles. The number of hydrogen-bond acceptors (Lipinski definition) is 14. The number of thiophene rings is 2. The number of methoxy groups -OCH3 is 2. The van der Waals surface area contributed by atoms with Crippen molar-refractivity contribution in [3.8, 4) is 11.5 Å². The number of azide groups is 1. The van der Waals surface area contributed by atoms with Crippen molar-refractivity contribution in [1.29, 1.82) is 0 Å². The fourth-order valence-corrected chi connectivity index (χ4v) is 10.7. The van der Waals surface area contributed by atoms with Crippen LogP contribution in [0, 0.1) is 11.8 Å². The predicted molar refractivity (Wildman–Crippen MR) is 224 cm³/mol. The molecule has 0 saturated carbocycles. The van der Waals surface area contributed by atoms with Crippen LogP contribution in [0.2, 0.25) is 0 Å². The van der Waals surface area contributed by atoms with Crippen LogP contribution in [0.15, 0.2) is 52.0 Å². The minimum absolute atomic E-state index is 0.395. The van der Waals surface area contributed by atoms with Gasteiger partial charge in [-0.25, -0.2) is 19.9 Å². The summed E-state index contributed by atoms with van der Waals surface area (Å²) in [7, 11) is 3.37. The minimum atomic E-state index is 0.395. The maximum absolute atomic E-state index is 8.60. The Hall–Kier alpha value is -5.67. The highest BCUT2D eigenvalue weighted by Crippen LogP contribution is 2.43. The highest BCUT2D eigenvalue weighted by molar-refractivity contribution is 7.19. The summed E-state index contributed by atoms with van der Waals surface area (Å²) in [6.07, 6.45) is 13.1. The van der Waals surface area contributed by atoms with Gasteiger partial charge in [0.2, 0.25) is 0 Å². The Bertz CT molecular complexity index is 2590. The summed E-state index contributed by atoms with van der Waals surface area (Å²) in [4.78, 5) is 34.5. The third kappa shape index (κ3) is 6.78. The van der Waals surface area contributed by atoms with Crippen LogP contribution in [0.1, 0.15) is 56.0 Å². The lowest BCUT2D eigenvalue weighted by molar-refractivity contribution is 0.416. The molecular weight excluding hydrogens is 745 g/mol. The average molecular weight is 785 g/mol. The summed E-state index contributed by atoms with van der Waals surface area (Å²) in [5.41, 5.74) is 23.6. The van der Waals surface area contributed by atoms with E-state index in [1.807, 2.05) is 18.5 Å². The molecule has 6 aromatic rings. The molecule has 284 valence electrons. The molecule has 4 aliphatic rings. The first-order valence-electron chi connectivity index (χ1n) is 18.7. The number of nitrogens with zero attached hydrogens (tertiary/aromatic N) is 9. The van der Waals surface area contributed by atoms with Gasteiger partial charge in [0.15, 0.2) is 0 Å². The fourth-order valence-electron chi connectivity index (χ4n) is 8.12. The Morgan fingerprint density at radius 1 is 0.768 bits per heavy atom. The van der Waals surface area contributed by atoms with Gasteiger partial charge in [0.05, 0.1) is 49.5 Å². The molecular formula is C40H40N12O2S2. The van der Waals surface area contributed by atoms with Crippen molar-refractivity contribution < 1.29 is 9.47 Å². The van der Waals surface area contributed by atoms with Gasteiger partial charge in [0, 0.05) is 33.6 Å². The molecule has 4 aromatic heterocycles. The van der Waals surface area contributed by atoms with Crippen molar-refractivity contribution in [3.63, 3.8) is 0 Å². The van der Waals surface area contributed by atoms with Gasteiger partial charge in [0.25, 0.3) is 0 Å². The van der Waals surface area contributed by atoms with Gasteiger partial charge in [-0.05, 0) is 120 Å². The Balaban J connectivity index is 0.000000147. The number of fused-ring (bicyclic) bond motifs is 8. The van der Waals surface area contributed by atoms with Crippen LogP contribution in [0.25, 0.3) is 30.9 Å². The minimum Gasteiger partial charge on any atom is -0.495 e. The third-order valence-corrected chi connectivity index (χ3v) is 13.4. The zero-order chi connectivity index (χ0) is 38.2. The number of nitrogens with one attached hydrogen (secondary N) is 2. The second kappa shape index (κ2) is 15.5. The number of rotatable bonds is 9. The van der Waals surface area contributed by atoms with Gasteiger partial charge in [-0.3, -0.25) is 9.98 Å². The van der Waals surface area contributed by atoms with Crippen LogP contribution in [0.4, 0.5) is 23.0 Å². The zero-order valence-corrected chi connectivity index (χ0v) is 32.7. The lowest BCUT2D eigenvalue weighted by Crippen LogP contribution is -2.21. The van der Waals surface area contributed by atoms with Gasteiger partial charge >= 0.3 is 0 Å². The molecule has 0 fully saturated rings. The van der Waals surface area contributed by atoms with Gasteiger partial charge in [-0.1, -0.05) is 5.11 Å². The predicted octanol–water partition coefficient (Wildman–Crippen LogP) is 8.23. The number of aromatic nitrogens is 4. The van der Waals surface area contributed by atoms with Crippen LogP contribution in [-0.4, -0.2) is 59.7 Å². The molecule has 0 spiro atoms. The number of benzene rings is 2. The molecule has 10 rings (SSSR count). The molecule has 0 saturated heterocycles. The van der Waals surface area contributed by atoms with Gasteiger partial charge in [-0.2, -0.15) is 0 Å². The third-order valence-electron chi connectivity index (χ3n) is 11.0. The summed E-state index contributed by atoms with van der Waals surface area (Å²) >= 11 is 3.49. The molecule has 2 unspecified atom stereocenters. The molecule has 0 radical (unpaired) electrons. The molecule has 4 N–H and O–H groups in total. The smallest absolute Gasteiger partial charge is 0.142 e. The lowest BCUT2D eigenvalue weighted by Gasteiger charge is -2.20.